The van der Waals surface area contributed by atoms with Gasteiger partial charge in [-0.15, -0.1) is 0 Å². The summed E-state index contributed by atoms with van der Waals surface area (Å²) in [5.74, 6) is -0.855. The van der Waals surface area contributed by atoms with Crippen LogP contribution in [0.5, 0.6) is 5.88 Å². The average Bonchev–Trinajstić information content (AvgIpc) is 3.58. The Morgan fingerprint density at radius 1 is 1.07 bits per heavy atom. The van der Waals surface area contributed by atoms with Crippen molar-refractivity contribution in [1.29, 1.82) is 0 Å². The Kier molecular flexibility index (Phi) is 13.8. The molecule has 1 fully saturated rings. The maximum atomic E-state index is 14.1. The SMILES string of the molecule is CCCCCOC(=O)C(C)NP(=O)(NC(C)C(=O)OCCCCC)OCC1CC(C)C(n2cnc3c(OC)nc(N)nc32)O1. The quantitative estimate of drug-likeness (QED) is 0.114. The fraction of sp³-hybridized carbons (Fsp3) is 0.750. The molecular formula is C28H48N7O8P. The zero-order valence-corrected chi connectivity index (χ0v) is 27.5. The number of ether oxygens (including phenoxy) is 4. The molecule has 2 aromatic heterocycles. The lowest BCUT2D eigenvalue weighted by atomic mass is 10.1. The number of fused-ring (bicyclic) bond motifs is 1. The van der Waals surface area contributed by atoms with Crippen LogP contribution in [0.15, 0.2) is 6.33 Å². The van der Waals surface area contributed by atoms with Crippen LogP contribution in [0.2, 0.25) is 0 Å². The number of nitrogen functional groups attached to an aromatic ring is 1. The summed E-state index contributed by atoms with van der Waals surface area (Å²) in [5.41, 5.74) is 6.78. The molecule has 16 heteroatoms. The van der Waals surface area contributed by atoms with E-state index in [1.165, 1.54) is 21.0 Å². The Balaban J connectivity index is 1.69. The first-order valence-electron chi connectivity index (χ1n) is 15.3. The number of carbonyl (C=O) groups excluding carboxylic acids is 2. The lowest BCUT2D eigenvalue weighted by Crippen LogP contribution is -2.43. The number of unbranched alkanes of at least 4 members (excludes halogenated alkanes) is 4. The summed E-state index contributed by atoms with van der Waals surface area (Å²) in [6, 6.07) is -1.95. The molecule has 0 aromatic carbocycles. The number of nitrogens with zero attached hydrogens (tertiary/aromatic N) is 4. The van der Waals surface area contributed by atoms with Crippen LogP contribution < -0.4 is 20.6 Å². The summed E-state index contributed by atoms with van der Waals surface area (Å²) in [5, 5.41) is 5.48. The monoisotopic (exact) mass is 641 g/mol. The number of esters is 2. The van der Waals surface area contributed by atoms with Crippen molar-refractivity contribution in [3.05, 3.63) is 6.33 Å². The fourth-order valence-electron chi connectivity index (χ4n) is 4.82. The number of hydrogen-bond donors (Lipinski definition) is 3. The first kappa shape index (κ1) is 35.6. The Hall–Kier alpha value is -2.84. The van der Waals surface area contributed by atoms with Crippen LogP contribution in [0, 0.1) is 5.92 Å². The second kappa shape index (κ2) is 17.0. The molecule has 3 rings (SSSR count). The van der Waals surface area contributed by atoms with E-state index in [1.54, 1.807) is 10.9 Å². The summed E-state index contributed by atoms with van der Waals surface area (Å²) in [7, 11) is -2.52. The Bertz CT molecular complexity index is 1240. The highest BCUT2D eigenvalue weighted by Crippen LogP contribution is 2.42. The van der Waals surface area contributed by atoms with Gasteiger partial charge in [0.1, 0.15) is 18.3 Å². The highest BCUT2D eigenvalue weighted by atomic mass is 31.2. The molecule has 1 aliphatic heterocycles. The van der Waals surface area contributed by atoms with Crippen molar-refractivity contribution in [2.45, 2.75) is 104 Å². The van der Waals surface area contributed by atoms with Crippen molar-refractivity contribution in [3.63, 3.8) is 0 Å². The molecule has 5 atom stereocenters. The van der Waals surface area contributed by atoms with Gasteiger partial charge in [0.2, 0.25) is 11.8 Å². The van der Waals surface area contributed by atoms with Gasteiger partial charge in [-0.2, -0.15) is 9.97 Å². The number of imidazole rings is 1. The van der Waals surface area contributed by atoms with Gasteiger partial charge in [0.15, 0.2) is 11.2 Å². The van der Waals surface area contributed by atoms with E-state index >= 15 is 0 Å². The van der Waals surface area contributed by atoms with Crippen molar-refractivity contribution in [2.24, 2.45) is 5.92 Å². The van der Waals surface area contributed by atoms with E-state index in [2.05, 4.69) is 39.0 Å². The summed E-state index contributed by atoms with van der Waals surface area (Å²) in [6.07, 6.45) is 6.50. The van der Waals surface area contributed by atoms with Gasteiger partial charge in [-0.1, -0.05) is 46.5 Å². The summed E-state index contributed by atoms with van der Waals surface area (Å²) >= 11 is 0. The molecule has 0 bridgehead atoms. The van der Waals surface area contributed by atoms with E-state index in [0.717, 1.165) is 38.5 Å². The lowest BCUT2D eigenvalue weighted by Gasteiger charge is -2.27. The molecule has 0 radical (unpaired) electrons. The number of hydrogen-bond acceptors (Lipinski definition) is 12. The Morgan fingerprint density at radius 2 is 1.66 bits per heavy atom. The average molecular weight is 642 g/mol. The largest absolute Gasteiger partial charge is 0.479 e. The van der Waals surface area contributed by atoms with Gasteiger partial charge in [0.05, 0.1) is 39.4 Å². The van der Waals surface area contributed by atoms with Gasteiger partial charge in [-0.05, 0) is 33.1 Å². The molecule has 15 nitrogen and oxygen atoms in total. The van der Waals surface area contributed by atoms with Crippen molar-refractivity contribution < 1.29 is 37.6 Å². The van der Waals surface area contributed by atoms with E-state index in [9.17, 15) is 14.2 Å². The molecular weight excluding hydrogens is 593 g/mol. The van der Waals surface area contributed by atoms with E-state index in [-0.39, 0.29) is 37.6 Å². The van der Waals surface area contributed by atoms with E-state index in [0.29, 0.717) is 17.6 Å². The molecule has 5 unspecified atom stereocenters. The molecule has 3 heterocycles. The zero-order chi connectivity index (χ0) is 32.3. The van der Waals surface area contributed by atoms with Crippen molar-refractivity contribution in [3.8, 4) is 5.88 Å². The van der Waals surface area contributed by atoms with Crippen LogP contribution in [0.25, 0.3) is 11.2 Å². The number of methoxy groups -OCH3 is 1. The summed E-state index contributed by atoms with van der Waals surface area (Å²) in [4.78, 5) is 38.0. The second-order valence-corrected chi connectivity index (χ2v) is 13.0. The number of carbonyl (C=O) groups is 2. The summed E-state index contributed by atoms with van der Waals surface area (Å²) in [6.45, 7) is 9.60. The smallest absolute Gasteiger partial charge is 0.342 e. The van der Waals surface area contributed by atoms with Gasteiger partial charge < -0.3 is 29.2 Å². The Morgan fingerprint density at radius 3 is 2.20 bits per heavy atom. The molecule has 2 aromatic rings. The summed E-state index contributed by atoms with van der Waals surface area (Å²) < 4.78 is 43.9. The van der Waals surface area contributed by atoms with Crippen molar-refractivity contribution in [1.82, 2.24) is 29.7 Å². The number of nitrogens with one attached hydrogen (secondary N) is 2. The predicted octanol–water partition coefficient (Wildman–Crippen LogP) is 3.89. The first-order chi connectivity index (χ1) is 21.0. The molecule has 1 saturated heterocycles. The zero-order valence-electron chi connectivity index (χ0n) is 26.6. The highest BCUT2D eigenvalue weighted by Gasteiger charge is 2.38. The molecule has 4 N–H and O–H groups in total. The van der Waals surface area contributed by atoms with Crippen LogP contribution >= 0.6 is 7.67 Å². The molecule has 0 aliphatic carbocycles. The molecule has 44 heavy (non-hydrogen) atoms. The maximum Gasteiger partial charge on any atom is 0.342 e. The highest BCUT2D eigenvalue weighted by molar-refractivity contribution is 7.54. The van der Waals surface area contributed by atoms with Crippen molar-refractivity contribution in [2.75, 3.05) is 32.7 Å². The second-order valence-electron chi connectivity index (χ2n) is 11.1. The third kappa shape index (κ3) is 9.83. The maximum absolute atomic E-state index is 14.1. The normalized spacial score (nSPS) is 21.1. The topological polar surface area (TPSA) is 191 Å². The minimum atomic E-state index is -3.99. The third-order valence-electron chi connectivity index (χ3n) is 7.19. The van der Waals surface area contributed by atoms with E-state index < -0.39 is 44.0 Å². The predicted molar refractivity (Wildman–Crippen MR) is 164 cm³/mol. The number of anilines is 1. The number of nitrogens with two attached hydrogens (primary N) is 1. The minimum Gasteiger partial charge on any atom is -0.479 e. The van der Waals surface area contributed by atoms with Gasteiger partial charge in [0, 0.05) is 5.92 Å². The van der Waals surface area contributed by atoms with Gasteiger partial charge >= 0.3 is 19.6 Å². The van der Waals surface area contributed by atoms with E-state index in [1.807, 2.05) is 6.92 Å². The third-order valence-corrected chi connectivity index (χ3v) is 9.16. The van der Waals surface area contributed by atoms with Crippen molar-refractivity contribution >= 4 is 36.7 Å². The molecule has 1 aliphatic rings. The van der Waals surface area contributed by atoms with Gasteiger partial charge in [-0.25, -0.2) is 15.2 Å². The lowest BCUT2D eigenvalue weighted by molar-refractivity contribution is -0.145. The molecule has 0 spiro atoms. The van der Waals surface area contributed by atoms with Gasteiger partial charge in [0.25, 0.3) is 0 Å². The molecule has 0 amide bonds. The van der Waals surface area contributed by atoms with Gasteiger partial charge in [-0.3, -0.25) is 18.7 Å². The number of aromatic nitrogens is 4. The minimum absolute atomic E-state index is 0.00228. The molecule has 248 valence electrons. The first-order valence-corrected chi connectivity index (χ1v) is 17.0. The number of rotatable bonds is 19. The Labute approximate surface area is 258 Å². The van der Waals surface area contributed by atoms with Crippen LogP contribution in [0.3, 0.4) is 0 Å². The van der Waals surface area contributed by atoms with Crippen LogP contribution in [-0.2, 0) is 32.9 Å². The van der Waals surface area contributed by atoms with Crippen LogP contribution in [0.1, 0.15) is 85.8 Å². The van der Waals surface area contributed by atoms with E-state index in [4.69, 9.17) is 29.2 Å². The van der Waals surface area contributed by atoms with Crippen LogP contribution in [-0.4, -0.2) is 76.6 Å². The standard InChI is InChI=1S/C28H48N7O8P/c1-7-9-11-13-40-26(36)19(4)33-44(38,34-20(5)27(37)41-14-12-10-8-2)42-16-21-15-18(3)25(43-21)35-17-30-22-23(35)31-28(29)32-24(22)39-6/h17-21,25H,7-16H2,1-6H3,(H2,29,31,32)(H2,33,34,38). The van der Waals surface area contributed by atoms with Crippen LogP contribution in [0.4, 0.5) is 5.95 Å². The molecule has 0 saturated carbocycles. The fourth-order valence-corrected chi connectivity index (χ4v) is 6.65.